The van der Waals surface area contributed by atoms with Crippen LogP contribution in [-0.4, -0.2) is 31.1 Å². The van der Waals surface area contributed by atoms with Gasteiger partial charge < -0.3 is 9.74 Å². The monoisotopic (exact) mass is 202 g/mol. The average molecular weight is 202 g/mol. The first-order chi connectivity index (χ1) is 6.85. The number of hydrogen-bond acceptors (Lipinski definition) is 3. The van der Waals surface area contributed by atoms with E-state index in [1.165, 1.54) is 38.8 Å². The summed E-state index contributed by atoms with van der Waals surface area (Å²) in [6, 6.07) is 0. The molecule has 0 aliphatic heterocycles. The molecule has 3 nitrogen and oxygen atoms in total. The third kappa shape index (κ3) is 8.48. The van der Waals surface area contributed by atoms with E-state index in [2.05, 4.69) is 23.6 Å². The molecule has 0 fully saturated rings. The molecule has 0 spiro atoms. The lowest BCUT2D eigenvalue weighted by Gasteiger charge is -2.21. The molecule has 0 amide bonds. The number of hydrogen-bond donors (Lipinski definition) is 1. The van der Waals surface area contributed by atoms with E-state index in [0.29, 0.717) is 6.61 Å². The Kier molecular flexibility index (Phi) is 10.9. The van der Waals surface area contributed by atoms with Crippen molar-refractivity contribution in [2.24, 2.45) is 5.90 Å². The first-order valence-corrected chi connectivity index (χ1v) is 5.89. The van der Waals surface area contributed by atoms with Crippen molar-refractivity contribution in [3.05, 3.63) is 0 Å². The molecule has 0 atom stereocenters. The Morgan fingerprint density at radius 2 is 1.43 bits per heavy atom. The van der Waals surface area contributed by atoms with Gasteiger partial charge in [0.2, 0.25) is 0 Å². The Hall–Kier alpha value is -0.120. The summed E-state index contributed by atoms with van der Waals surface area (Å²) >= 11 is 0. The van der Waals surface area contributed by atoms with Crippen molar-refractivity contribution in [3.8, 4) is 0 Å². The van der Waals surface area contributed by atoms with Crippen LogP contribution in [0, 0.1) is 0 Å². The van der Waals surface area contributed by atoms with E-state index in [1.807, 2.05) is 0 Å². The Balaban J connectivity index is 3.49. The lowest BCUT2D eigenvalue weighted by Crippen LogP contribution is -2.28. The lowest BCUT2D eigenvalue weighted by molar-refractivity contribution is 0.122. The minimum atomic E-state index is 0.675. The highest BCUT2D eigenvalue weighted by molar-refractivity contribution is 4.57. The summed E-state index contributed by atoms with van der Waals surface area (Å²) in [5.74, 6) is 5.00. The zero-order valence-corrected chi connectivity index (χ0v) is 9.80. The van der Waals surface area contributed by atoms with Gasteiger partial charge in [0.15, 0.2) is 0 Å². The van der Waals surface area contributed by atoms with Gasteiger partial charge in [0.05, 0.1) is 6.61 Å². The smallest absolute Gasteiger partial charge is 0.0691 e. The van der Waals surface area contributed by atoms with Gasteiger partial charge in [-0.3, -0.25) is 0 Å². The van der Waals surface area contributed by atoms with Crippen LogP contribution in [0.1, 0.15) is 46.0 Å². The van der Waals surface area contributed by atoms with Crippen molar-refractivity contribution in [2.75, 3.05) is 26.2 Å². The second-order valence-electron chi connectivity index (χ2n) is 3.77. The fraction of sp³-hybridized carbons (Fsp3) is 1.00. The van der Waals surface area contributed by atoms with E-state index in [9.17, 15) is 0 Å². The van der Waals surface area contributed by atoms with Gasteiger partial charge in [-0.1, -0.05) is 26.7 Å². The van der Waals surface area contributed by atoms with Crippen LogP contribution in [0.25, 0.3) is 0 Å². The van der Waals surface area contributed by atoms with Crippen molar-refractivity contribution in [2.45, 2.75) is 46.0 Å². The van der Waals surface area contributed by atoms with Crippen molar-refractivity contribution in [3.63, 3.8) is 0 Å². The molecule has 0 saturated carbocycles. The van der Waals surface area contributed by atoms with Crippen LogP contribution in [0.3, 0.4) is 0 Å². The van der Waals surface area contributed by atoms with Crippen LogP contribution < -0.4 is 5.90 Å². The molecule has 0 heterocycles. The predicted octanol–water partition coefficient (Wildman–Crippen LogP) is 2.17. The highest BCUT2D eigenvalue weighted by Gasteiger charge is 2.02. The molecule has 2 N–H and O–H groups in total. The number of nitrogens with zero attached hydrogens (tertiary/aromatic N) is 1. The summed E-state index contributed by atoms with van der Waals surface area (Å²) in [5, 5.41) is 0. The molecule has 0 rings (SSSR count). The molecule has 0 aromatic carbocycles. The Bertz CT molecular complexity index is 101. The Labute approximate surface area is 88.6 Å². The molecule has 0 saturated heterocycles. The van der Waals surface area contributed by atoms with Crippen LogP contribution in [0.4, 0.5) is 0 Å². The Morgan fingerprint density at radius 1 is 0.929 bits per heavy atom. The topological polar surface area (TPSA) is 38.5 Å². The van der Waals surface area contributed by atoms with Gasteiger partial charge in [0.25, 0.3) is 0 Å². The average Bonchev–Trinajstić information content (AvgIpc) is 2.21. The molecule has 0 aromatic rings. The first-order valence-electron chi connectivity index (χ1n) is 5.89. The predicted molar refractivity (Wildman–Crippen MR) is 61.0 cm³/mol. The minimum absolute atomic E-state index is 0.675. The van der Waals surface area contributed by atoms with Crippen molar-refractivity contribution in [1.82, 2.24) is 4.90 Å². The van der Waals surface area contributed by atoms with E-state index in [0.717, 1.165) is 13.0 Å². The van der Waals surface area contributed by atoms with Crippen molar-refractivity contribution < 1.29 is 4.84 Å². The molecule has 14 heavy (non-hydrogen) atoms. The second-order valence-corrected chi connectivity index (χ2v) is 3.77. The summed E-state index contributed by atoms with van der Waals surface area (Å²) in [7, 11) is 0. The maximum absolute atomic E-state index is 5.00. The molecule has 86 valence electrons. The maximum atomic E-state index is 5.00. The van der Waals surface area contributed by atoms with Crippen LogP contribution >= 0.6 is 0 Å². The summed E-state index contributed by atoms with van der Waals surface area (Å²) < 4.78 is 0. The summed E-state index contributed by atoms with van der Waals surface area (Å²) in [5.41, 5.74) is 0. The molecule has 0 unspecified atom stereocenters. The largest absolute Gasteiger partial charge is 0.305 e. The summed E-state index contributed by atoms with van der Waals surface area (Å²) in [6.07, 6.45) is 6.19. The van der Waals surface area contributed by atoms with Crippen LogP contribution in [0.5, 0.6) is 0 Å². The van der Waals surface area contributed by atoms with E-state index in [1.54, 1.807) is 0 Å². The molecule has 0 aliphatic rings. The van der Waals surface area contributed by atoms with Gasteiger partial charge in [-0.05, 0) is 32.4 Å². The minimum Gasteiger partial charge on any atom is -0.305 e. The SMILES string of the molecule is CCCCN(CCCC)CCCON. The van der Waals surface area contributed by atoms with E-state index < -0.39 is 0 Å². The van der Waals surface area contributed by atoms with Gasteiger partial charge in [-0.15, -0.1) is 0 Å². The molecule has 0 radical (unpaired) electrons. The third-order valence-corrected chi connectivity index (χ3v) is 2.39. The van der Waals surface area contributed by atoms with Gasteiger partial charge in [-0.2, -0.15) is 0 Å². The van der Waals surface area contributed by atoms with Gasteiger partial charge in [0, 0.05) is 6.54 Å². The van der Waals surface area contributed by atoms with E-state index in [-0.39, 0.29) is 0 Å². The Morgan fingerprint density at radius 3 is 1.86 bits per heavy atom. The highest BCUT2D eigenvalue weighted by atomic mass is 16.6. The normalized spacial score (nSPS) is 11.1. The standard InChI is InChI=1S/C11H26N2O/c1-3-5-8-13(9-6-4-2)10-7-11-14-12/h3-12H2,1-2H3. The lowest BCUT2D eigenvalue weighted by atomic mass is 10.2. The highest BCUT2D eigenvalue weighted by Crippen LogP contribution is 2.00. The molecule has 3 heteroatoms. The van der Waals surface area contributed by atoms with Crippen LogP contribution in [-0.2, 0) is 4.84 Å². The van der Waals surface area contributed by atoms with Gasteiger partial charge >= 0.3 is 0 Å². The fourth-order valence-electron chi connectivity index (χ4n) is 1.47. The molecular weight excluding hydrogens is 176 g/mol. The first kappa shape index (κ1) is 13.9. The van der Waals surface area contributed by atoms with E-state index in [4.69, 9.17) is 5.90 Å². The van der Waals surface area contributed by atoms with Crippen LogP contribution in [0.15, 0.2) is 0 Å². The van der Waals surface area contributed by atoms with Crippen molar-refractivity contribution in [1.29, 1.82) is 0 Å². The number of unbranched alkanes of at least 4 members (excludes halogenated alkanes) is 2. The third-order valence-electron chi connectivity index (χ3n) is 2.39. The van der Waals surface area contributed by atoms with E-state index >= 15 is 0 Å². The molecular formula is C11H26N2O. The zero-order valence-electron chi connectivity index (χ0n) is 9.80. The quantitative estimate of drug-likeness (QED) is 0.436. The second kappa shape index (κ2) is 11.0. The number of rotatable bonds is 10. The molecule has 0 aliphatic carbocycles. The van der Waals surface area contributed by atoms with Gasteiger partial charge in [0.1, 0.15) is 0 Å². The summed E-state index contributed by atoms with van der Waals surface area (Å²) in [6.45, 7) is 8.72. The summed E-state index contributed by atoms with van der Waals surface area (Å²) in [4.78, 5) is 7.09. The zero-order chi connectivity index (χ0) is 10.6. The molecule has 0 bridgehead atoms. The fourth-order valence-corrected chi connectivity index (χ4v) is 1.47. The number of nitrogens with two attached hydrogens (primary N) is 1. The van der Waals surface area contributed by atoms with Crippen molar-refractivity contribution >= 4 is 0 Å². The molecule has 0 aromatic heterocycles. The van der Waals surface area contributed by atoms with Crippen LogP contribution in [0.2, 0.25) is 0 Å². The maximum Gasteiger partial charge on any atom is 0.0691 e. The van der Waals surface area contributed by atoms with Gasteiger partial charge in [-0.25, -0.2) is 5.90 Å².